The Morgan fingerprint density at radius 1 is 1.03 bits per heavy atom. The van der Waals surface area contributed by atoms with Crippen LogP contribution in [0.2, 0.25) is 0 Å². The van der Waals surface area contributed by atoms with Gasteiger partial charge in [0.25, 0.3) is 5.91 Å². The maximum absolute atomic E-state index is 12.8. The number of urea groups is 1. The van der Waals surface area contributed by atoms with E-state index in [-0.39, 0.29) is 4.90 Å². The molecule has 2 saturated heterocycles. The zero-order chi connectivity index (χ0) is 24.6. The molecule has 0 unspecified atom stereocenters. The second-order valence-corrected chi connectivity index (χ2v) is 10.6. The molecule has 0 spiro atoms. The van der Waals surface area contributed by atoms with Crippen LogP contribution < -0.4 is 10.6 Å². The van der Waals surface area contributed by atoms with Gasteiger partial charge in [0.15, 0.2) is 0 Å². The van der Waals surface area contributed by atoms with E-state index in [1.165, 1.54) is 28.6 Å². The van der Waals surface area contributed by atoms with Crippen LogP contribution in [-0.2, 0) is 26.0 Å². The van der Waals surface area contributed by atoms with Crippen LogP contribution in [0.3, 0.4) is 0 Å². The Morgan fingerprint density at radius 3 is 2.49 bits per heavy atom. The van der Waals surface area contributed by atoms with Gasteiger partial charge < -0.3 is 15.6 Å². The number of imide groups is 1. The maximum Gasteiger partial charge on any atom is 0.325 e. The number of nitrogens with zero attached hydrogens (tertiary/aromatic N) is 2. The van der Waals surface area contributed by atoms with E-state index < -0.39 is 40.5 Å². The molecule has 2 fully saturated rings. The van der Waals surface area contributed by atoms with Gasteiger partial charge in [0.1, 0.15) is 12.6 Å². The van der Waals surface area contributed by atoms with Crippen LogP contribution in [0.5, 0.6) is 0 Å². The Hall–Kier alpha value is -3.70. The number of aromatic nitrogens is 1. The monoisotopic (exact) mass is 495 g/mol. The highest BCUT2D eigenvalue weighted by molar-refractivity contribution is 7.89. The quantitative estimate of drug-likeness (QED) is 0.432. The zero-order valence-corrected chi connectivity index (χ0v) is 19.7. The smallest absolute Gasteiger partial charge is 0.325 e. The summed E-state index contributed by atoms with van der Waals surface area (Å²) in [5.41, 5.74) is 2.21. The highest BCUT2D eigenvalue weighted by Crippen LogP contribution is 2.23. The van der Waals surface area contributed by atoms with Crippen molar-refractivity contribution in [3.05, 3.63) is 60.3 Å². The number of nitrogens with one attached hydrogen (secondary N) is 3. The van der Waals surface area contributed by atoms with Crippen molar-refractivity contribution in [3.63, 3.8) is 0 Å². The van der Waals surface area contributed by atoms with Crippen LogP contribution >= 0.6 is 0 Å². The summed E-state index contributed by atoms with van der Waals surface area (Å²) < 4.78 is 26.7. The number of H-pyrrole nitrogens is 1. The lowest BCUT2D eigenvalue weighted by molar-refractivity contribution is -0.130. The number of hydrogen-bond acceptors (Lipinski definition) is 5. The van der Waals surface area contributed by atoms with E-state index in [1.807, 2.05) is 30.5 Å². The normalized spacial score (nSPS) is 18.9. The lowest BCUT2D eigenvalue weighted by atomic mass is 10.1. The number of aromatic amines is 1. The molecule has 0 radical (unpaired) electrons. The molecule has 1 aromatic heterocycles. The molecule has 3 N–H and O–H groups in total. The van der Waals surface area contributed by atoms with E-state index in [9.17, 15) is 22.8 Å². The largest absolute Gasteiger partial charge is 0.361 e. The minimum Gasteiger partial charge on any atom is -0.361 e. The number of rotatable bonds is 7. The molecule has 0 aliphatic carbocycles. The van der Waals surface area contributed by atoms with Crippen molar-refractivity contribution < 1.29 is 22.8 Å². The van der Waals surface area contributed by atoms with Crippen LogP contribution in [0.15, 0.2) is 59.6 Å². The summed E-state index contributed by atoms with van der Waals surface area (Å²) in [6, 6.07) is 12.2. The van der Waals surface area contributed by atoms with Crippen molar-refractivity contribution in [3.8, 4) is 0 Å². The zero-order valence-electron chi connectivity index (χ0n) is 18.9. The van der Waals surface area contributed by atoms with Gasteiger partial charge in [-0.05, 0) is 48.7 Å². The van der Waals surface area contributed by atoms with Crippen molar-refractivity contribution >= 4 is 44.5 Å². The summed E-state index contributed by atoms with van der Waals surface area (Å²) in [4.78, 5) is 41.9. The minimum absolute atomic E-state index is 0.159. The average Bonchev–Trinajstić information content (AvgIpc) is 3.58. The van der Waals surface area contributed by atoms with Crippen LogP contribution in [0.1, 0.15) is 18.4 Å². The molecule has 0 saturated carbocycles. The standard InChI is InChI=1S/C24H25N5O5S/c30-22(26-17-7-9-18(10-8-17)35(33,34)28-11-3-4-12-28)15-29-23(31)21(27-24(29)32)13-16-14-25-20-6-2-1-5-19(16)20/h1-2,5-10,14,21,25H,3-4,11-13,15H2,(H,26,30)(H,27,32)/t21-/m0/s1. The third kappa shape index (κ3) is 4.52. The SMILES string of the molecule is O=C(CN1C(=O)N[C@@H](Cc2c[nH]c3ccccc23)C1=O)Nc1ccc(S(=O)(=O)N2CCCC2)cc1. The Labute approximate surface area is 202 Å². The molecule has 11 heteroatoms. The Balaban J connectivity index is 1.20. The Bertz CT molecular complexity index is 1390. The number of benzene rings is 2. The first kappa shape index (κ1) is 23.1. The molecule has 3 aromatic rings. The van der Waals surface area contributed by atoms with E-state index >= 15 is 0 Å². The summed E-state index contributed by atoms with van der Waals surface area (Å²) in [6.07, 6.45) is 3.81. The van der Waals surface area contributed by atoms with Crippen LogP contribution in [0.4, 0.5) is 10.5 Å². The van der Waals surface area contributed by atoms with Gasteiger partial charge in [0.2, 0.25) is 15.9 Å². The lowest BCUT2D eigenvalue weighted by Crippen LogP contribution is -2.38. The number of carbonyl (C=O) groups excluding carboxylic acids is 3. The van der Waals surface area contributed by atoms with E-state index in [1.54, 1.807) is 0 Å². The predicted octanol–water partition coefficient (Wildman–Crippen LogP) is 2.05. The van der Waals surface area contributed by atoms with Crippen LogP contribution in [0, 0.1) is 0 Å². The molecular weight excluding hydrogens is 470 g/mol. The molecule has 2 aliphatic heterocycles. The lowest BCUT2D eigenvalue weighted by Gasteiger charge is -2.16. The van der Waals surface area contributed by atoms with Crippen LogP contribution in [0.25, 0.3) is 10.9 Å². The van der Waals surface area contributed by atoms with Gasteiger partial charge in [0.05, 0.1) is 4.90 Å². The number of fused-ring (bicyclic) bond motifs is 1. The Kier molecular flexibility index (Phi) is 6.03. The molecular formula is C24H25N5O5S. The molecule has 2 aliphatic rings. The molecule has 182 valence electrons. The van der Waals surface area contributed by atoms with Gasteiger partial charge in [0, 0.05) is 42.3 Å². The fraction of sp³-hybridized carbons (Fsp3) is 0.292. The molecule has 2 aromatic carbocycles. The van der Waals surface area contributed by atoms with Gasteiger partial charge >= 0.3 is 6.03 Å². The molecule has 5 rings (SSSR count). The molecule has 1 atom stereocenters. The number of amides is 4. The topological polar surface area (TPSA) is 132 Å². The maximum atomic E-state index is 12.8. The van der Waals surface area contributed by atoms with Crippen LogP contribution in [-0.4, -0.2) is 66.1 Å². The summed E-state index contributed by atoms with van der Waals surface area (Å²) in [5, 5.41) is 6.24. The first-order valence-corrected chi connectivity index (χ1v) is 12.8. The van der Waals surface area contributed by atoms with E-state index in [0.717, 1.165) is 34.2 Å². The third-order valence-electron chi connectivity index (χ3n) is 6.35. The first-order chi connectivity index (χ1) is 16.8. The minimum atomic E-state index is -3.55. The summed E-state index contributed by atoms with van der Waals surface area (Å²) in [6.45, 7) is 0.574. The fourth-order valence-corrected chi connectivity index (χ4v) is 6.03. The van der Waals surface area contributed by atoms with Gasteiger partial charge in [-0.25, -0.2) is 13.2 Å². The van der Waals surface area contributed by atoms with Gasteiger partial charge in [-0.1, -0.05) is 18.2 Å². The number of para-hydroxylation sites is 1. The van der Waals surface area contributed by atoms with Gasteiger partial charge in [-0.2, -0.15) is 4.31 Å². The summed E-state index contributed by atoms with van der Waals surface area (Å²) in [5.74, 6) is -1.03. The highest BCUT2D eigenvalue weighted by atomic mass is 32.2. The van der Waals surface area contributed by atoms with E-state index in [2.05, 4.69) is 15.6 Å². The third-order valence-corrected chi connectivity index (χ3v) is 8.26. The molecule has 10 nitrogen and oxygen atoms in total. The predicted molar refractivity (Wildman–Crippen MR) is 129 cm³/mol. The number of sulfonamides is 1. The highest BCUT2D eigenvalue weighted by Gasteiger charge is 2.39. The second kappa shape index (κ2) is 9.16. The van der Waals surface area contributed by atoms with E-state index in [0.29, 0.717) is 25.2 Å². The summed E-state index contributed by atoms with van der Waals surface area (Å²) in [7, 11) is -3.55. The number of carbonyl (C=O) groups is 3. The van der Waals surface area contributed by atoms with Crippen molar-refractivity contribution in [2.75, 3.05) is 25.0 Å². The molecule has 35 heavy (non-hydrogen) atoms. The van der Waals surface area contributed by atoms with Gasteiger partial charge in [-0.15, -0.1) is 0 Å². The fourth-order valence-electron chi connectivity index (χ4n) is 4.52. The van der Waals surface area contributed by atoms with Crippen molar-refractivity contribution in [1.29, 1.82) is 0 Å². The van der Waals surface area contributed by atoms with E-state index in [4.69, 9.17) is 0 Å². The average molecular weight is 496 g/mol. The Morgan fingerprint density at radius 2 is 1.74 bits per heavy atom. The molecule has 4 amide bonds. The first-order valence-electron chi connectivity index (χ1n) is 11.4. The number of anilines is 1. The van der Waals surface area contributed by atoms with Crippen molar-refractivity contribution in [2.45, 2.75) is 30.2 Å². The second-order valence-electron chi connectivity index (χ2n) is 8.67. The molecule has 3 heterocycles. The van der Waals surface area contributed by atoms with Gasteiger partial charge in [-0.3, -0.25) is 14.5 Å². The summed E-state index contributed by atoms with van der Waals surface area (Å²) >= 11 is 0. The van der Waals surface area contributed by atoms with Crippen molar-refractivity contribution in [1.82, 2.24) is 19.5 Å². The molecule has 0 bridgehead atoms. The van der Waals surface area contributed by atoms with Crippen molar-refractivity contribution in [2.24, 2.45) is 0 Å². The number of hydrogen-bond donors (Lipinski definition) is 3.